The summed E-state index contributed by atoms with van der Waals surface area (Å²) in [6, 6.07) is 10.5. The second-order valence-corrected chi connectivity index (χ2v) is 4.07. The molecule has 0 aliphatic carbocycles. The number of benzene rings is 2. The van der Waals surface area contributed by atoms with Gasteiger partial charge in [0.25, 0.3) is 0 Å². The summed E-state index contributed by atoms with van der Waals surface area (Å²) in [5.74, 6) is -0.138. The average molecular weight is 281 g/mol. The fourth-order valence-electron chi connectivity index (χ4n) is 1.48. The van der Waals surface area contributed by atoms with E-state index in [2.05, 4.69) is 5.16 Å². The monoisotopic (exact) mass is 280 g/mol. The first kappa shape index (κ1) is 13.2. The molecule has 0 heterocycles. The van der Waals surface area contributed by atoms with Gasteiger partial charge in [0.1, 0.15) is 5.75 Å². The van der Waals surface area contributed by atoms with Crippen molar-refractivity contribution < 1.29 is 14.3 Å². The van der Waals surface area contributed by atoms with E-state index in [1.54, 1.807) is 18.2 Å². The Bertz CT molecular complexity index is 632. The zero-order valence-corrected chi connectivity index (χ0v) is 10.4. The van der Waals surface area contributed by atoms with Crippen molar-refractivity contribution in [3.63, 3.8) is 0 Å². The van der Waals surface area contributed by atoms with Gasteiger partial charge in [-0.05, 0) is 24.3 Å². The molecule has 0 atom stereocenters. The molecule has 0 aliphatic rings. The maximum Gasteiger partial charge on any atom is 0.171 e. The number of amidine groups is 1. The van der Waals surface area contributed by atoms with Crippen LogP contribution in [0.5, 0.6) is 11.5 Å². The Morgan fingerprint density at radius 3 is 2.63 bits per heavy atom. The van der Waals surface area contributed by atoms with Gasteiger partial charge in [0.2, 0.25) is 0 Å². The Morgan fingerprint density at radius 2 is 2.00 bits per heavy atom. The molecule has 4 nitrogen and oxygen atoms in total. The Morgan fingerprint density at radius 1 is 1.26 bits per heavy atom. The van der Waals surface area contributed by atoms with Crippen molar-refractivity contribution >= 4 is 17.4 Å². The summed E-state index contributed by atoms with van der Waals surface area (Å²) < 4.78 is 18.8. The lowest BCUT2D eigenvalue weighted by Crippen LogP contribution is -2.13. The minimum atomic E-state index is -0.473. The van der Waals surface area contributed by atoms with Gasteiger partial charge < -0.3 is 15.7 Å². The van der Waals surface area contributed by atoms with Crippen LogP contribution in [0, 0.1) is 5.82 Å². The zero-order chi connectivity index (χ0) is 13.8. The van der Waals surface area contributed by atoms with Crippen LogP contribution in [-0.4, -0.2) is 11.0 Å². The number of hydrogen-bond acceptors (Lipinski definition) is 3. The van der Waals surface area contributed by atoms with E-state index in [0.29, 0.717) is 11.3 Å². The molecule has 0 aromatic heterocycles. The van der Waals surface area contributed by atoms with Gasteiger partial charge in [0, 0.05) is 11.6 Å². The number of ether oxygens (including phenoxy) is 1. The third-order valence-electron chi connectivity index (χ3n) is 2.39. The zero-order valence-electron chi connectivity index (χ0n) is 9.68. The van der Waals surface area contributed by atoms with Gasteiger partial charge in [-0.3, -0.25) is 0 Å². The fraction of sp³-hybridized carbons (Fsp3) is 0. The molecule has 0 saturated carbocycles. The first-order chi connectivity index (χ1) is 9.11. The van der Waals surface area contributed by atoms with E-state index < -0.39 is 5.82 Å². The van der Waals surface area contributed by atoms with Gasteiger partial charge in [-0.25, -0.2) is 4.39 Å². The maximum absolute atomic E-state index is 13.4. The smallest absolute Gasteiger partial charge is 0.171 e. The lowest BCUT2D eigenvalue weighted by atomic mass is 10.2. The molecule has 0 radical (unpaired) electrons. The summed E-state index contributed by atoms with van der Waals surface area (Å²) in [4.78, 5) is 0. The van der Waals surface area contributed by atoms with Crippen molar-refractivity contribution in [3.8, 4) is 11.5 Å². The summed E-state index contributed by atoms with van der Waals surface area (Å²) in [5, 5.41) is 11.7. The van der Waals surface area contributed by atoms with Crippen molar-refractivity contribution in [2.75, 3.05) is 0 Å². The van der Waals surface area contributed by atoms with Gasteiger partial charge in [-0.15, -0.1) is 0 Å². The molecule has 2 aromatic rings. The number of rotatable bonds is 3. The molecule has 2 rings (SSSR count). The second kappa shape index (κ2) is 5.58. The SMILES string of the molecule is NC(=NO)c1ccc(Oc2ccccc2F)cc1Cl. The molecule has 19 heavy (non-hydrogen) atoms. The van der Waals surface area contributed by atoms with Crippen molar-refractivity contribution in [3.05, 3.63) is 58.9 Å². The molecule has 0 spiro atoms. The molecule has 0 unspecified atom stereocenters. The van der Waals surface area contributed by atoms with E-state index in [1.807, 2.05) is 0 Å². The van der Waals surface area contributed by atoms with Crippen molar-refractivity contribution in [2.45, 2.75) is 0 Å². The minimum Gasteiger partial charge on any atom is -0.454 e. The number of oxime groups is 1. The molecule has 0 bridgehead atoms. The van der Waals surface area contributed by atoms with Crippen LogP contribution in [0.4, 0.5) is 4.39 Å². The van der Waals surface area contributed by atoms with Crippen LogP contribution in [0.3, 0.4) is 0 Å². The highest BCUT2D eigenvalue weighted by atomic mass is 35.5. The molecule has 2 aromatic carbocycles. The van der Waals surface area contributed by atoms with Crippen LogP contribution in [0.2, 0.25) is 5.02 Å². The third-order valence-corrected chi connectivity index (χ3v) is 2.70. The molecule has 3 N–H and O–H groups in total. The molecule has 0 amide bonds. The van der Waals surface area contributed by atoms with Gasteiger partial charge in [0.05, 0.1) is 5.02 Å². The molecular formula is C13H10ClFN2O2. The van der Waals surface area contributed by atoms with Gasteiger partial charge >= 0.3 is 0 Å². The van der Waals surface area contributed by atoms with Crippen molar-refractivity contribution in [1.82, 2.24) is 0 Å². The average Bonchev–Trinajstić information content (AvgIpc) is 2.41. The van der Waals surface area contributed by atoms with Crippen molar-refractivity contribution in [2.24, 2.45) is 10.9 Å². The number of nitrogens with two attached hydrogens (primary N) is 1. The summed E-state index contributed by atoms with van der Waals surface area (Å²) in [5.41, 5.74) is 5.80. The normalized spacial score (nSPS) is 11.4. The van der Waals surface area contributed by atoms with E-state index in [9.17, 15) is 4.39 Å². The predicted molar refractivity (Wildman–Crippen MR) is 70.4 cm³/mol. The summed E-state index contributed by atoms with van der Waals surface area (Å²) >= 11 is 5.96. The van der Waals surface area contributed by atoms with Crippen LogP contribution in [0.15, 0.2) is 47.6 Å². The second-order valence-electron chi connectivity index (χ2n) is 3.66. The highest BCUT2D eigenvalue weighted by Gasteiger charge is 2.09. The summed E-state index contributed by atoms with van der Waals surface area (Å²) in [7, 11) is 0. The van der Waals surface area contributed by atoms with Gasteiger partial charge in [-0.1, -0.05) is 28.9 Å². The van der Waals surface area contributed by atoms with E-state index in [4.69, 9.17) is 27.3 Å². The Hall–Kier alpha value is -2.27. The van der Waals surface area contributed by atoms with E-state index in [1.165, 1.54) is 24.3 Å². The topological polar surface area (TPSA) is 67.8 Å². The molecule has 0 fully saturated rings. The number of para-hydroxylation sites is 1. The largest absolute Gasteiger partial charge is 0.454 e. The van der Waals surface area contributed by atoms with Crippen LogP contribution in [0.1, 0.15) is 5.56 Å². The number of halogens is 2. The maximum atomic E-state index is 13.4. The molecule has 6 heteroatoms. The quantitative estimate of drug-likeness (QED) is 0.392. The van der Waals surface area contributed by atoms with E-state index >= 15 is 0 Å². The van der Waals surface area contributed by atoms with Crippen LogP contribution in [-0.2, 0) is 0 Å². The Kier molecular flexibility index (Phi) is 3.87. The van der Waals surface area contributed by atoms with Crippen LogP contribution in [0.25, 0.3) is 0 Å². The standard InChI is InChI=1S/C13H10ClFN2O2/c14-10-7-8(5-6-9(10)13(16)17-18)19-12-4-2-1-3-11(12)15/h1-7,18H,(H2,16,17). The van der Waals surface area contributed by atoms with Crippen LogP contribution >= 0.6 is 11.6 Å². The lowest BCUT2D eigenvalue weighted by Gasteiger charge is -2.08. The Balaban J connectivity index is 2.29. The third kappa shape index (κ3) is 2.95. The highest BCUT2D eigenvalue weighted by Crippen LogP contribution is 2.28. The molecule has 98 valence electrons. The van der Waals surface area contributed by atoms with E-state index in [0.717, 1.165) is 0 Å². The van der Waals surface area contributed by atoms with Gasteiger partial charge in [0.15, 0.2) is 17.4 Å². The fourth-order valence-corrected chi connectivity index (χ4v) is 1.74. The van der Waals surface area contributed by atoms with Crippen molar-refractivity contribution in [1.29, 1.82) is 0 Å². The lowest BCUT2D eigenvalue weighted by molar-refractivity contribution is 0.318. The minimum absolute atomic E-state index is 0.0927. The first-order valence-electron chi connectivity index (χ1n) is 5.31. The predicted octanol–water partition coefficient (Wildman–Crippen LogP) is 3.37. The molecule has 0 aliphatic heterocycles. The molecular weight excluding hydrogens is 271 g/mol. The highest BCUT2D eigenvalue weighted by molar-refractivity contribution is 6.34. The van der Waals surface area contributed by atoms with Gasteiger partial charge in [-0.2, -0.15) is 0 Å². The number of hydrogen-bond donors (Lipinski definition) is 2. The number of nitrogens with zero attached hydrogens (tertiary/aromatic N) is 1. The molecule has 0 saturated heterocycles. The Labute approximate surface area is 113 Å². The summed E-state index contributed by atoms with van der Waals surface area (Å²) in [6.07, 6.45) is 0. The first-order valence-corrected chi connectivity index (χ1v) is 5.69. The van der Waals surface area contributed by atoms with Crippen LogP contribution < -0.4 is 10.5 Å². The summed E-state index contributed by atoms with van der Waals surface area (Å²) in [6.45, 7) is 0. The van der Waals surface area contributed by atoms with E-state index in [-0.39, 0.29) is 16.6 Å².